The second-order valence-electron chi connectivity index (χ2n) is 5.11. The summed E-state index contributed by atoms with van der Waals surface area (Å²) in [5, 5.41) is 5.65. The predicted molar refractivity (Wildman–Crippen MR) is 92.3 cm³/mol. The molecule has 2 N–H and O–H groups in total. The highest BCUT2D eigenvalue weighted by Gasteiger charge is 2.06. The van der Waals surface area contributed by atoms with E-state index in [9.17, 15) is 4.79 Å². The van der Waals surface area contributed by atoms with Crippen molar-refractivity contribution >= 4 is 6.03 Å². The number of benzene rings is 1. The Balaban J connectivity index is 1.73. The number of methoxy groups -OCH3 is 1. The van der Waals surface area contributed by atoms with Gasteiger partial charge < -0.3 is 20.1 Å². The first-order valence-electron chi connectivity index (χ1n) is 7.94. The maximum atomic E-state index is 11.9. The van der Waals surface area contributed by atoms with Gasteiger partial charge in [0.2, 0.25) is 5.88 Å². The van der Waals surface area contributed by atoms with Crippen molar-refractivity contribution in [3.8, 4) is 11.6 Å². The molecular formula is C18H23N3O3. The molecule has 1 aromatic carbocycles. The van der Waals surface area contributed by atoms with Crippen molar-refractivity contribution in [2.45, 2.75) is 19.9 Å². The van der Waals surface area contributed by atoms with E-state index in [0.717, 1.165) is 23.3 Å². The summed E-state index contributed by atoms with van der Waals surface area (Å²) in [4.78, 5) is 16.0. The summed E-state index contributed by atoms with van der Waals surface area (Å²) in [5.41, 5.74) is 1.99. The van der Waals surface area contributed by atoms with Crippen molar-refractivity contribution in [3.63, 3.8) is 0 Å². The zero-order valence-electron chi connectivity index (χ0n) is 14.0. The van der Waals surface area contributed by atoms with Crippen LogP contribution in [0.2, 0.25) is 0 Å². The molecule has 2 rings (SSSR count). The second-order valence-corrected chi connectivity index (χ2v) is 5.11. The third-order valence-corrected chi connectivity index (χ3v) is 3.43. The zero-order valence-corrected chi connectivity index (χ0v) is 14.0. The van der Waals surface area contributed by atoms with Crippen LogP contribution in [0.15, 0.2) is 42.6 Å². The third kappa shape index (κ3) is 5.46. The summed E-state index contributed by atoms with van der Waals surface area (Å²) in [5.74, 6) is 1.38. The fraction of sp³-hybridized carbons (Fsp3) is 0.333. The molecule has 2 aromatic rings. The van der Waals surface area contributed by atoms with Crippen molar-refractivity contribution < 1.29 is 14.3 Å². The number of nitrogens with zero attached hydrogens (tertiary/aromatic N) is 1. The summed E-state index contributed by atoms with van der Waals surface area (Å²) >= 11 is 0. The van der Waals surface area contributed by atoms with Crippen molar-refractivity contribution in [2.75, 3.05) is 20.3 Å². The molecule has 0 aliphatic heterocycles. The fourth-order valence-electron chi connectivity index (χ4n) is 2.18. The Bertz CT molecular complexity index is 644. The van der Waals surface area contributed by atoms with Crippen molar-refractivity contribution in [3.05, 3.63) is 53.7 Å². The molecule has 0 aliphatic carbocycles. The predicted octanol–water partition coefficient (Wildman–Crippen LogP) is 2.53. The molecule has 1 aromatic heterocycles. The average Bonchev–Trinajstić information content (AvgIpc) is 2.62. The standard InChI is InChI=1S/C18H23N3O3/c1-3-24-17-15(5-4-11-19-17)13-21-18(22)20-12-10-14-6-8-16(23-2)9-7-14/h4-9,11H,3,10,12-13H2,1-2H3,(H2,20,21,22). The first-order chi connectivity index (χ1) is 11.7. The lowest BCUT2D eigenvalue weighted by molar-refractivity contribution is 0.240. The Morgan fingerprint density at radius 3 is 2.67 bits per heavy atom. The van der Waals surface area contributed by atoms with Gasteiger partial charge in [-0.15, -0.1) is 0 Å². The quantitative estimate of drug-likeness (QED) is 0.780. The van der Waals surface area contributed by atoms with E-state index in [0.29, 0.717) is 25.6 Å². The van der Waals surface area contributed by atoms with Gasteiger partial charge in [0.15, 0.2) is 0 Å². The molecule has 0 aliphatic rings. The summed E-state index contributed by atoms with van der Waals surface area (Å²) in [6.45, 7) is 3.37. The van der Waals surface area contributed by atoms with Gasteiger partial charge in [0.25, 0.3) is 0 Å². The molecule has 0 bridgehead atoms. The molecule has 0 unspecified atom stereocenters. The van der Waals surface area contributed by atoms with Gasteiger partial charge in [-0.2, -0.15) is 0 Å². The van der Waals surface area contributed by atoms with Crippen molar-refractivity contribution in [1.82, 2.24) is 15.6 Å². The number of hydrogen-bond donors (Lipinski definition) is 2. The monoisotopic (exact) mass is 329 g/mol. The number of hydrogen-bond acceptors (Lipinski definition) is 4. The molecule has 24 heavy (non-hydrogen) atoms. The number of carbonyl (C=O) groups is 1. The third-order valence-electron chi connectivity index (χ3n) is 3.43. The summed E-state index contributed by atoms with van der Waals surface area (Å²) in [7, 11) is 1.64. The van der Waals surface area contributed by atoms with E-state index in [1.54, 1.807) is 13.3 Å². The van der Waals surface area contributed by atoms with Crippen LogP contribution in [0.25, 0.3) is 0 Å². The van der Waals surface area contributed by atoms with Gasteiger partial charge in [-0.1, -0.05) is 18.2 Å². The number of amides is 2. The topological polar surface area (TPSA) is 72.5 Å². The molecular weight excluding hydrogens is 306 g/mol. The van der Waals surface area contributed by atoms with E-state index in [1.165, 1.54) is 0 Å². The molecule has 0 atom stereocenters. The van der Waals surface area contributed by atoms with Gasteiger partial charge in [-0.05, 0) is 37.1 Å². The second kappa shape index (κ2) is 9.39. The van der Waals surface area contributed by atoms with Gasteiger partial charge >= 0.3 is 6.03 Å². The van der Waals surface area contributed by atoms with Crippen LogP contribution in [0.5, 0.6) is 11.6 Å². The first kappa shape index (κ1) is 17.6. The van der Waals surface area contributed by atoms with Gasteiger partial charge in [0.1, 0.15) is 5.75 Å². The van der Waals surface area contributed by atoms with Gasteiger partial charge in [0, 0.05) is 24.8 Å². The Morgan fingerprint density at radius 2 is 1.96 bits per heavy atom. The van der Waals surface area contributed by atoms with Crippen molar-refractivity contribution in [2.24, 2.45) is 0 Å². The lowest BCUT2D eigenvalue weighted by atomic mass is 10.1. The smallest absolute Gasteiger partial charge is 0.315 e. The van der Waals surface area contributed by atoms with Crippen LogP contribution in [0, 0.1) is 0 Å². The number of ether oxygens (including phenoxy) is 2. The normalized spacial score (nSPS) is 10.1. The SMILES string of the molecule is CCOc1ncccc1CNC(=O)NCCc1ccc(OC)cc1. The van der Waals surface area contributed by atoms with Crippen LogP contribution in [0.3, 0.4) is 0 Å². The Kier molecular flexibility index (Phi) is 6.89. The van der Waals surface area contributed by atoms with Crippen LogP contribution in [0.4, 0.5) is 4.79 Å². The maximum absolute atomic E-state index is 11.9. The highest BCUT2D eigenvalue weighted by Crippen LogP contribution is 2.13. The molecule has 0 fully saturated rings. The number of urea groups is 1. The molecule has 0 saturated heterocycles. The zero-order chi connectivity index (χ0) is 17.2. The van der Waals surface area contributed by atoms with Crippen LogP contribution >= 0.6 is 0 Å². The largest absolute Gasteiger partial charge is 0.497 e. The molecule has 1 heterocycles. The summed E-state index contributed by atoms with van der Waals surface area (Å²) < 4.78 is 10.6. The van der Waals surface area contributed by atoms with E-state index in [-0.39, 0.29) is 6.03 Å². The highest BCUT2D eigenvalue weighted by atomic mass is 16.5. The van der Waals surface area contributed by atoms with E-state index in [4.69, 9.17) is 9.47 Å². The Hall–Kier alpha value is -2.76. The minimum absolute atomic E-state index is 0.213. The van der Waals surface area contributed by atoms with Crippen LogP contribution in [-0.2, 0) is 13.0 Å². The Morgan fingerprint density at radius 1 is 1.17 bits per heavy atom. The molecule has 0 spiro atoms. The van der Waals surface area contributed by atoms with E-state index < -0.39 is 0 Å². The van der Waals surface area contributed by atoms with E-state index in [2.05, 4.69) is 15.6 Å². The fourth-order valence-corrected chi connectivity index (χ4v) is 2.18. The maximum Gasteiger partial charge on any atom is 0.315 e. The van der Waals surface area contributed by atoms with Crippen LogP contribution in [-0.4, -0.2) is 31.3 Å². The van der Waals surface area contributed by atoms with Gasteiger partial charge in [0.05, 0.1) is 13.7 Å². The van der Waals surface area contributed by atoms with E-state index >= 15 is 0 Å². The van der Waals surface area contributed by atoms with Crippen molar-refractivity contribution in [1.29, 1.82) is 0 Å². The number of aromatic nitrogens is 1. The lowest BCUT2D eigenvalue weighted by Crippen LogP contribution is -2.36. The minimum Gasteiger partial charge on any atom is -0.497 e. The number of nitrogens with one attached hydrogen (secondary N) is 2. The van der Waals surface area contributed by atoms with E-state index in [1.807, 2.05) is 43.3 Å². The van der Waals surface area contributed by atoms with Crippen LogP contribution < -0.4 is 20.1 Å². The number of carbonyl (C=O) groups excluding carboxylic acids is 1. The average molecular weight is 329 g/mol. The molecule has 0 radical (unpaired) electrons. The highest BCUT2D eigenvalue weighted by molar-refractivity contribution is 5.73. The van der Waals surface area contributed by atoms with Gasteiger partial charge in [-0.25, -0.2) is 9.78 Å². The molecule has 2 amide bonds. The molecule has 128 valence electrons. The number of pyridine rings is 1. The Labute approximate surface area is 142 Å². The minimum atomic E-state index is -0.213. The van der Waals surface area contributed by atoms with Gasteiger partial charge in [-0.3, -0.25) is 0 Å². The first-order valence-corrected chi connectivity index (χ1v) is 7.94. The molecule has 6 nitrogen and oxygen atoms in total. The summed E-state index contributed by atoms with van der Waals surface area (Å²) in [6.07, 6.45) is 2.43. The lowest BCUT2D eigenvalue weighted by Gasteiger charge is -2.11. The molecule has 6 heteroatoms. The number of rotatable bonds is 8. The summed E-state index contributed by atoms with van der Waals surface area (Å²) in [6, 6.07) is 11.3. The van der Waals surface area contributed by atoms with Crippen LogP contribution in [0.1, 0.15) is 18.1 Å². The molecule has 0 saturated carbocycles.